The number of likely N-dealkylation sites (tertiary alicyclic amines) is 1. The molecule has 1 aliphatic rings. The van der Waals surface area contributed by atoms with Gasteiger partial charge in [0.05, 0.1) is 5.56 Å². The monoisotopic (exact) mass is 262 g/mol. The Morgan fingerprint density at radius 2 is 2.21 bits per heavy atom. The Morgan fingerprint density at radius 1 is 1.47 bits per heavy atom. The van der Waals surface area contributed by atoms with Crippen LogP contribution < -0.4 is 5.32 Å². The standard InChI is InChI=1S/C14H18N2O3/c1-9-3-5-12(11(7-9)14(18)19)15-10-4-6-13(17)16(2)8-10/h3,5,7,10,15H,4,6,8H2,1-2H3,(H,18,19). The van der Waals surface area contributed by atoms with Gasteiger partial charge in [-0.3, -0.25) is 4.79 Å². The van der Waals surface area contributed by atoms with Crippen molar-refractivity contribution in [3.05, 3.63) is 29.3 Å². The molecule has 1 aliphatic heterocycles. The van der Waals surface area contributed by atoms with Crippen molar-refractivity contribution in [1.82, 2.24) is 4.90 Å². The van der Waals surface area contributed by atoms with Crippen molar-refractivity contribution in [2.45, 2.75) is 25.8 Å². The number of nitrogens with one attached hydrogen (secondary N) is 1. The molecule has 102 valence electrons. The molecule has 2 N–H and O–H groups in total. The highest BCUT2D eigenvalue weighted by Crippen LogP contribution is 2.21. The average molecular weight is 262 g/mol. The summed E-state index contributed by atoms with van der Waals surface area (Å²) in [7, 11) is 1.77. The van der Waals surface area contributed by atoms with Crippen LogP contribution in [-0.4, -0.2) is 41.5 Å². The quantitative estimate of drug-likeness (QED) is 0.870. The number of carbonyl (C=O) groups is 2. The molecule has 0 aliphatic carbocycles. The highest BCUT2D eigenvalue weighted by Gasteiger charge is 2.23. The second-order valence-corrected chi connectivity index (χ2v) is 5.01. The van der Waals surface area contributed by atoms with Crippen LogP contribution in [0.15, 0.2) is 18.2 Å². The van der Waals surface area contributed by atoms with Crippen molar-refractivity contribution in [2.75, 3.05) is 18.9 Å². The Morgan fingerprint density at radius 3 is 2.84 bits per heavy atom. The molecule has 5 nitrogen and oxygen atoms in total. The fraction of sp³-hybridized carbons (Fsp3) is 0.429. The molecule has 0 bridgehead atoms. The van der Waals surface area contributed by atoms with E-state index in [9.17, 15) is 14.7 Å². The van der Waals surface area contributed by atoms with Crippen LogP contribution >= 0.6 is 0 Å². The van der Waals surface area contributed by atoms with Crippen LogP contribution in [0.3, 0.4) is 0 Å². The van der Waals surface area contributed by atoms with E-state index in [1.807, 2.05) is 13.0 Å². The summed E-state index contributed by atoms with van der Waals surface area (Å²) >= 11 is 0. The van der Waals surface area contributed by atoms with Crippen LogP contribution in [-0.2, 0) is 4.79 Å². The lowest BCUT2D eigenvalue weighted by Gasteiger charge is -2.31. The molecule has 1 aromatic rings. The van der Waals surface area contributed by atoms with E-state index in [0.717, 1.165) is 12.0 Å². The Hall–Kier alpha value is -2.04. The van der Waals surface area contributed by atoms with Gasteiger partial charge in [-0.2, -0.15) is 0 Å². The summed E-state index contributed by atoms with van der Waals surface area (Å²) in [5.41, 5.74) is 1.81. The maximum atomic E-state index is 11.4. The van der Waals surface area contributed by atoms with Crippen molar-refractivity contribution in [1.29, 1.82) is 0 Å². The number of carboxylic acids is 1. The topological polar surface area (TPSA) is 69.6 Å². The van der Waals surface area contributed by atoms with Gasteiger partial charge >= 0.3 is 5.97 Å². The van der Waals surface area contributed by atoms with E-state index < -0.39 is 5.97 Å². The molecule has 2 rings (SSSR count). The van der Waals surface area contributed by atoms with E-state index in [-0.39, 0.29) is 17.5 Å². The number of hydrogen-bond acceptors (Lipinski definition) is 3. The summed E-state index contributed by atoms with van der Waals surface area (Å²) in [5, 5.41) is 12.4. The van der Waals surface area contributed by atoms with E-state index in [2.05, 4.69) is 5.32 Å². The van der Waals surface area contributed by atoms with Crippen molar-refractivity contribution < 1.29 is 14.7 Å². The van der Waals surface area contributed by atoms with E-state index in [1.54, 1.807) is 24.1 Å². The van der Waals surface area contributed by atoms with E-state index >= 15 is 0 Å². The van der Waals surface area contributed by atoms with Gasteiger partial charge in [0.2, 0.25) is 5.91 Å². The molecule has 0 aromatic heterocycles. The van der Waals surface area contributed by atoms with Gasteiger partial charge in [-0.1, -0.05) is 11.6 Å². The lowest BCUT2D eigenvalue weighted by atomic mass is 10.0. The fourth-order valence-electron chi connectivity index (χ4n) is 2.31. The average Bonchev–Trinajstić information content (AvgIpc) is 2.36. The Balaban J connectivity index is 2.15. The molecular weight excluding hydrogens is 244 g/mol. The first-order valence-electron chi connectivity index (χ1n) is 6.32. The van der Waals surface area contributed by atoms with Crippen LogP contribution in [0.4, 0.5) is 5.69 Å². The predicted octanol–water partition coefficient (Wildman–Crippen LogP) is 1.73. The number of piperidine rings is 1. The van der Waals surface area contributed by atoms with Gasteiger partial charge in [0.1, 0.15) is 0 Å². The number of aryl methyl sites for hydroxylation is 1. The first-order valence-corrected chi connectivity index (χ1v) is 6.32. The van der Waals surface area contributed by atoms with Crippen LogP contribution in [0.1, 0.15) is 28.8 Å². The molecule has 1 atom stereocenters. The van der Waals surface area contributed by atoms with Crippen LogP contribution in [0.5, 0.6) is 0 Å². The number of aromatic carboxylic acids is 1. The van der Waals surface area contributed by atoms with Crippen LogP contribution in [0.25, 0.3) is 0 Å². The summed E-state index contributed by atoms with van der Waals surface area (Å²) in [4.78, 5) is 24.3. The van der Waals surface area contributed by atoms with Gasteiger partial charge in [0.15, 0.2) is 0 Å². The first kappa shape index (κ1) is 13.4. The summed E-state index contributed by atoms with van der Waals surface area (Å²) in [6, 6.07) is 5.42. The minimum atomic E-state index is -0.938. The Bertz CT molecular complexity index is 513. The van der Waals surface area contributed by atoms with Crippen molar-refractivity contribution in [2.24, 2.45) is 0 Å². The number of nitrogens with zero attached hydrogens (tertiary/aromatic N) is 1. The highest BCUT2D eigenvalue weighted by atomic mass is 16.4. The third kappa shape index (κ3) is 3.05. The third-order valence-electron chi connectivity index (χ3n) is 3.39. The third-order valence-corrected chi connectivity index (χ3v) is 3.39. The number of likely N-dealkylation sites (N-methyl/N-ethyl adjacent to an activating group) is 1. The van der Waals surface area contributed by atoms with Gasteiger partial charge < -0.3 is 15.3 Å². The molecule has 0 radical (unpaired) electrons. The number of hydrogen-bond donors (Lipinski definition) is 2. The molecule has 1 saturated heterocycles. The van der Waals surface area contributed by atoms with Crippen LogP contribution in [0.2, 0.25) is 0 Å². The number of rotatable bonds is 3. The van der Waals surface area contributed by atoms with E-state index in [1.165, 1.54) is 0 Å². The van der Waals surface area contributed by atoms with Crippen molar-refractivity contribution in [3.8, 4) is 0 Å². The maximum Gasteiger partial charge on any atom is 0.337 e. The molecule has 1 aromatic carbocycles. The number of carbonyl (C=O) groups excluding carboxylic acids is 1. The van der Waals surface area contributed by atoms with Gasteiger partial charge in [-0.25, -0.2) is 4.79 Å². The zero-order chi connectivity index (χ0) is 14.0. The molecule has 1 heterocycles. The number of anilines is 1. The van der Waals surface area contributed by atoms with E-state index in [0.29, 0.717) is 18.7 Å². The zero-order valence-electron chi connectivity index (χ0n) is 11.1. The largest absolute Gasteiger partial charge is 0.478 e. The van der Waals surface area contributed by atoms with Gasteiger partial charge in [-0.05, 0) is 25.5 Å². The van der Waals surface area contributed by atoms with Crippen molar-refractivity contribution in [3.63, 3.8) is 0 Å². The lowest BCUT2D eigenvalue weighted by Crippen LogP contribution is -2.43. The second-order valence-electron chi connectivity index (χ2n) is 5.01. The van der Waals surface area contributed by atoms with Gasteiger partial charge in [0, 0.05) is 31.7 Å². The normalized spacial score (nSPS) is 19.4. The lowest BCUT2D eigenvalue weighted by molar-refractivity contribution is -0.132. The SMILES string of the molecule is Cc1ccc(NC2CCC(=O)N(C)C2)c(C(=O)O)c1. The predicted molar refractivity (Wildman–Crippen MR) is 72.4 cm³/mol. The molecule has 0 spiro atoms. The van der Waals surface area contributed by atoms with Gasteiger partial charge in [0.25, 0.3) is 0 Å². The summed E-state index contributed by atoms with van der Waals surface area (Å²) in [6.45, 7) is 2.47. The molecule has 1 unspecified atom stereocenters. The minimum absolute atomic E-state index is 0.100. The Kier molecular flexibility index (Phi) is 3.74. The smallest absolute Gasteiger partial charge is 0.337 e. The van der Waals surface area contributed by atoms with Gasteiger partial charge in [-0.15, -0.1) is 0 Å². The number of benzene rings is 1. The molecule has 1 fully saturated rings. The highest BCUT2D eigenvalue weighted by molar-refractivity contribution is 5.94. The molecule has 0 saturated carbocycles. The first-order chi connectivity index (χ1) is 8.97. The maximum absolute atomic E-state index is 11.4. The number of amides is 1. The summed E-state index contributed by atoms with van der Waals surface area (Å²) < 4.78 is 0. The second kappa shape index (κ2) is 5.30. The minimum Gasteiger partial charge on any atom is -0.478 e. The summed E-state index contributed by atoms with van der Waals surface area (Å²) in [5.74, 6) is -0.799. The fourth-order valence-corrected chi connectivity index (χ4v) is 2.31. The Labute approximate surface area is 112 Å². The number of carboxylic acid groups (broad SMARTS) is 1. The molecule has 19 heavy (non-hydrogen) atoms. The van der Waals surface area contributed by atoms with Crippen LogP contribution in [0, 0.1) is 6.92 Å². The van der Waals surface area contributed by atoms with E-state index in [4.69, 9.17) is 0 Å². The van der Waals surface area contributed by atoms with Crippen molar-refractivity contribution >= 4 is 17.6 Å². The zero-order valence-corrected chi connectivity index (χ0v) is 11.1. The molecule has 5 heteroatoms. The molecule has 1 amide bonds. The molecular formula is C14H18N2O3. The summed E-state index contributed by atoms with van der Waals surface area (Å²) in [6.07, 6.45) is 1.23.